The van der Waals surface area contributed by atoms with E-state index < -0.39 is 0 Å². The van der Waals surface area contributed by atoms with E-state index in [1.807, 2.05) is 31.2 Å². The van der Waals surface area contributed by atoms with Gasteiger partial charge in [0.15, 0.2) is 4.34 Å². The van der Waals surface area contributed by atoms with Crippen LogP contribution in [0.15, 0.2) is 52.9 Å². The molecule has 0 radical (unpaired) electrons. The van der Waals surface area contributed by atoms with Crippen molar-refractivity contribution in [1.29, 1.82) is 0 Å². The number of amides is 1. The lowest BCUT2D eigenvalue weighted by atomic mass is 10.3. The van der Waals surface area contributed by atoms with E-state index >= 15 is 0 Å². The van der Waals surface area contributed by atoms with Crippen LogP contribution < -0.4 is 20.1 Å². The van der Waals surface area contributed by atoms with Crippen LogP contribution in [0.4, 0.5) is 16.5 Å². The van der Waals surface area contributed by atoms with E-state index in [0.29, 0.717) is 16.1 Å². The van der Waals surface area contributed by atoms with Gasteiger partial charge in [-0.2, -0.15) is 0 Å². The molecule has 146 valence electrons. The monoisotopic (exact) mass is 416 g/mol. The predicted molar refractivity (Wildman–Crippen MR) is 113 cm³/mol. The van der Waals surface area contributed by atoms with Crippen molar-refractivity contribution in [2.75, 3.05) is 30.1 Å². The zero-order valence-electron chi connectivity index (χ0n) is 15.5. The lowest BCUT2D eigenvalue weighted by Gasteiger charge is -2.09. The standard InChI is InChI=1S/C19H20N4O3S2/c1-3-26-16-7-5-4-6-15(16)21-18-22-23-19(28-18)27-12-17(24)20-13-8-10-14(25-2)11-9-13/h4-11H,3,12H2,1-2H3,(H,20,24)(H,21,22). The largest absolute Gasteiger partial charge is 0.497 e. The molecule has 9 heteroatoms. The van der Waals surface area contributed by atoms with Gasteiger partial charge in [0.2, 0.25) is 11.0 Å². The number of aromatic nitrogens is 2. The van der Waals surface area contributed by atoms with E-state index in [2.05, 4.69) is 20.8 Å². The highest BCUT2D eigenvalue weighted by atomic mass is 32.2. The lowest BCUT2D eigenvalue weighted by Crippen LogP contribution is -2.13. The van der Waals surface area contributed by atoms with Crippen LogP contribution in [0.1, 0.15) is 6.92 Å². The summed E-state index contributed by atoms with van der Waals surface area (Å²) in [7, 11) is 1.60. The smallest absolute Gasteiger partial charge is 0.234 e. The molecule has 0 unspecified atom stereocenters. The topological polar surface area (TPSA) is 85.4 Å². The number of ether oxygens (including phenoxy) is 2. The van der Waals surface area contributed by atoms with Crippen molar-refractivity contribution in [1.82, 2.24) is 10.2 Å². The summed E-state index contributed by atoms with van der Waals surface area (Å²) in [5.74, 6) is 1.64. The van der Waals surface area contributed by atoms with Crippen LogP contribution in [0.2, 0.25) is 0 Å². The third-order valence-corrected chi connectivity index (χ3v) is 5.51. The quantitative estimate of drug-likeness (QED) is 0.499. The maximum absolute atomic E-state index is 12.1. The summed E-state index contributed by atoms with van der Waals surface area (Å²) in [5.41, 5.74) is 1.55. The van der Waals surface area contributed by atoms with E-state index in [0.717, 1.165) is 22.9 Å². The Morgan fingerprint density at radius 2 is 1.93 bits per heavy atom. The van der Waals surface area contributed by atoms with E-state index in [-0.39, 0.29) is 11.7 Å². The summed E-state index contributed by atoms with van der Waals surface area (Å²) in [4.78, 5) is 12.1. The number of anilines is 3. The molecule has 2 aromatic carbocycles. The first-order valence-corrected chi connectivity index (χ1v) is 10.4. The van der Waals surface area contributed by atoms with Crippen molar-refractivity contribution in [3.63, 3.8) is 0 Å². The molecule has 7 nitrogen and oxygen atoms in total. The zero-order valence-corrected chi connectivity index (χ0v) is 17.1. The molecule has 0 bridgehead atoms. The minimum absolute atomic E-state index is 0.110. The Kier molecular flexibility index (Phi) is 7.10. The van der Waals surface area contributed by atoms with Gasteiger partial charge in [-0.25, -0.2) is 0 Å². The SMILES string of the molecule is CCOc1ccccc1Nc1nnc(SCC(=O)Nc2ccc(OC)cc2)s1. The fourth-order valence-corrected chi connectivity index (χ4v) is 3.85. The van der Waals surface area contributed by atoms with Crippen molar-refractivity contribution < 1.29 is 14.3 Å². The van der Waals surface area contributed by atoms with Gasteiger partial charge in [0.1, 0.15) is 11.5 Å². The molecule has 1 heterocycles. The molecule has 0 fully saturated rings. The number of rotatable bonds is 9. The average molecular weight is 417 g/mol. The molecular formula is C19H20N4O3S2. The highest BCUT2D eigenvalue weighted by molar-refractivity contribution is 8.01. The summed E-state index contributed by atoms with van der Waals surface area (Å²) in [5, 5.41) is 14.9. The van der Waals surface area contributed by atoms with Crippen molar-refractivity contribution in [3.05, 3.63) is 48.5 Å². The van der Waals surface area contributed by atoms with Crippen LogP contribution in [-0.2, 0) is 4.79 Å². The molecule has 28 heavy (non-hydrogen) atoms. The van der Waals surface area contributed by atoms with Crippen molar-refractivity contribution >= 4 is 45.5 Å². The van der Waals surface area contributed by atoms with Crippen LogP contribution in [0.3, 0.4) is 0 Å². The summed E-state index contributed by atoms with van der Waals surface area (Å²) in [6.07, 6.45) is 0. The summed E-state index contributed by atoms with van der Waals surface area (Å²) in [6.45, 7) is 2.52. The van der Waals surface area contributed by atoms with Crippen LogP contribution in [0, 0.1) is 0 Å². The summed E-state index contributed by atoms with van der Waals surface area (Å²) in [6, 6.07) is 14.8. The molecule has 1 amide bonds. The van der Waals surface area contributed by atoms with Gasteiger partial charge in [-0.1, -0.05) is 35.2 Å². The van der Waals surface area contributed by atoms with Gasteiger partial charge in [-0.15, -0.1) is 10.2 Å². The van der Waals surface area contributed by atoms with E-state index in [1.54, 1.807) is 31.4 Å². The molecule has 3 aromatic rings. The molecule has 0 spiro atoms. The van der Waals surface area contributed by atoms with Gasteiger partial charge in [-0.3, -0.25) is 4.79 Å². The molecule has 0 atom stereocenters. The second-order valence-electron chi connectivity index (χ2n) is 5.49. The lowest BCUT2D eigenvalue weighted by molar-refractivity contribution is -0.113. The van der Waals surface area contributed by atoms with Gasteiger partial charge in [0.05, 0.1) is 25.2 Å². The molecule has 2 N–H and O–H groups in total. The summed E-state index contributed by atoms with van der Waals surface area (Å²) < 4.78 is 11.4. The number of nitrogens with one attached hydrogen (secondary N) is 2. The summed E-state index contributed by atoms with van der Waals surface area (Å²) >= 11 is 2.72. The highest BCUT2D eigenvalue weighted by Crippen LogP contribution is 2.31. The number of thioether (sulfide) groups is 1. The maximum Gasteiger partial charge on any atom is 0.234 e. The first-order chi connectivity index (χ1) is 13.7. The minimum Gasteiger partial charge on any atom is -0.497 e. The van der Waals surface area contributed by atoms with E-state index in [9.17, 15) is 4.79 Å². The van der Waals surface area contributed by atoms with Crippen molar-refractivity contribution in [2.24, 2.45) is 0 Å². The normalized spacial score (nSPS) is 10.4. The molecule has 1 aromatic heterocycles. The fourth-order valence-electron chi connectivity index (χ4n) is 2.28. The molecule has 0 saturated carbocycles. The van der Waals surface area contributed by atoms with Crippen molar-refractivity contribution in [3.8, 4) is 11.5 Å². The molecule has 0 aliphatic carbocycles. The van der Waals surface area contributed by atoms with Crippen LogP contribution >= 0.6 is 23.1 Å². The Labute approximate surface area is 171 Å². The minimum atomic E-state index is -0.110. The number of hydrogen-bond acceptors (Lipinski definition) is 8. The Bertz CT molecular complexity index is 916. The Hall–Kier alpha value is -2.78. The van der Waals surface area contributed by atoms with Gasteiger partial charge < -0.3 is 20.1 Å². The first kappa shape index (κ1) is 20.0. The fraction of sp³-hybridized carbons (Fsp3) is 0.211. The van der Waals surface area contributed by atoms with Gasteiger partial charge in [0.25, 0.3) is 0 Å². The average Bonchev–Trinajstić information content (AvgIpc) is 3.16. The van der Waals surface area contributed by atoms with Gasteiger partial charge >= 0.3 is 0 Å². The third-order valence-electron chi connectivity index (χ3n) is 3.54. The van der Waals surface area contributed by atoms with Crippen LogP contribution in [-0.4, -0.2) is 35.6 Å². The van der Waals surface area contributed by atoms with E-state index in [4.69, 9.17) is 9.47 Å². The molecule has 0 saturated heterocycles. The van der Waals surface area contributed by atoms with Crippen LogP contribution in [0.25, 0.3) is 0 Å². The maximum atomic E-state index is 12.1. The Balaban J connectivity index is 1.52. The number of carbonyl (C=O) groups excluding carboxylic acids is 1. The number of nitrogens with zero attached hydrogens (tertiary/aromatic N) is 2. The second kappa shape index (κ2) is 9.95. The molecular weight excluding hydrogens is 396 g/mol. The highest BCUT2D eigenvalue weighted by Gasteiger charge is 2.10. The number of para-hydroxylation sites is 2. The van der Waals surface area contributed by atoms with Crippen molar-refractivity contribution in [2.45, 2.75) is 11.3 Å². The Morgan fingerprint density at radius 3 is 2.68 bits per heavy atom. The molecule has 0 aliphatic rings. The van der Waals surface area contributed by atoms with Crippen LogP contribution in [0.5, 0.6) is 11.5 Å². The Morgan fingerprint density at radius 1 is 1.14 bits per heavy atom. The molecule has 0 aliphatic heterocycles. The number of carbonyl (C=O) groups is 1. The third kappa shape index (κ3) is 5.61. The number of hydrogen-bond donors (Lipinski definition) is 2. The van der Waals surface area contributed by atoms with Gasteiger partial charge in [-0.05, 0) is 43.3 Å². The molecule has 3 rings (SSSR count). The zero-order chi connectivity index (χ0) is 19.8. The number of methoxy groups -OCH3 is 1. The predicted octanol–water partition coefficient (Wildman–Crippen LogP) is 4.42. The second-order valence-corrected chi connectivity index (χ2v) is 7.69. The number of benzene rings is 2. The van der Waals surface area contributed by atoms with Gasteiger partial charge in [0, 0.05) is 5.69 Å². The van der Waals surface area contributed by atoms with E-state index in [1.165, 1.54) is 23.1 Å². The first-order valence-electron chi connectivity index (χ1n) is 8.57.